The zero-order chi connectivity index (χ0) is 8.27. The van der Waals surface area contributed by atoms with E-state index in [1.165, 1.54) is 0 Å². The van der Waals surface area contributed by atoms with Crippen molar-refractivity contribution >= 4 is 0 Å². The molecule has 0 aliphatic carbocycles. The second-order valence-electron chi connectivity index (χ2n) is 3.14. The van der Waals surface area contributed by atoms with Crippen molar-refractivity contribution < 1.29 is 9.84 Å². The van der Waals surface area contributed by atoms with Crippen LogP contribution in [0.15, 0.2) is 0 Å². The van der Waals surface area contributed by atoms with Crippen molar-refractivity contribution in [3.63, 3.8) is 0 Å². The van der Waals surface area contributed by atoms with E-state index in [1.54, 1.807) is 7.11 Å². The van der Waals surface area contributed by atoms with E-state index in [2.05, 4.69) is 4.90 Å². The van der Waals surface area contributed by atoms with Crippen LogP contribution < -0.4 is 0 Å². The molecule has 0 aromatic carbocycles. The average Bonchev–Trinajstić information content (AvgIpc) is 1.95. The lowest BCUT2D eigenvalue weighted by atomic mass is 10.1. The van der Waals surface area contributed by atoms with Crippen LogP contribution in [0.4, 0.5) is 0 Å². The molecule has 1 fully saturated rings. The number of methoxy groups -OCH3 is 1. The van der Waals surface area contributed by atoms with Crippen molar-refractivity contribution in [3.05, 3.63) is 0 Å². The topological polar surface area (TPSA) is 32.7 Å². The van der Waals surface area contributed by atoms with Crippen LogP contribution >= 0.6 is 0 Å². The van der Waals surface area contributed by atoms with Crippen LogP contribution in [-0.4, -0.2) is 49.0 Å². The van der Waals surface area contributed by atoms with Crippen molar-refractivity contribution in [2.45, 2.75) is 25.6 Å². The number of nitrogens with zero attached hydrogens (tertiary/aromatic N) is 1. The van der Waals surface area contributed by atoms with Crippen LogP contribution in [0.5, 0.6) is 0 Å². The third-order valence-corrected chi connectivity index (χ3v) is 2.20. The number of rotatable bonds is 4. The first-order chi connectivity index (χ1) is 5.26. The molecule has 3 heteroatoms. The number of aliphatic hydroxyl groups is 1. The fourth-order valence-corrected chi connectivity index (χ4v) is 1.25. The van der Waals surface area contributed by atoms with E-state index in [4.69, 9.17) is 4.74 Å². The third-order valence-electron chi connectivity index (χ3n) is 2.20. The van der Waals surface area contributed by atoms with Gasteiger partial charge in [-0.3, -0.25) is 4.90 Å². The highest BCUT2D eigenvalue weighted by molar-refractivity contribution is 4.81. The highest BCUT2D eigenvalue weighted by atomic mass is 16.5. The van der Waals surface area contributed by atoms with Gasteiger partial charge in [0.2, 0.25) is 0 Å². The molecule has 1 unspecified atom stereocenters. The predicted octanol–water partition coefficient (Wildman–Crippen LogP) is 0.0879. The van der Waals surface area contributed by atoms with E-state index in [1.807, 2.05) is 6.92 Å². The molecule has 1 atom stereocenters. The number of likely N-dealkylation sites (tertiary alicyclic amines) is 1. The van der Waals surface area contributed by atoms with Gasteiger partial charge in [-0.2, -0.15) is 0 Å². The molecule has 0 radical (unpaired) electrons. The molecule has 66 valence electrons. The van der Waals surface area contributed by atoms with Crippen LogP contribution in [0.1, 0.15) is 13.3 Å². The average molecular weight is 159 g/mol. The highest BCUT2D eigenvalue weighted by Crippen LogP contribution is 2.11. The molecule has 0 spiro atoms. The predicted molar refractivity (Wildman–Crippen MR) is 43.5 cm³/mol. The quantitative estimate of drug-likeness (QED) is 0.631. The Labute approximate surface area is 68.0 Å². The van der Waals surface area contributed by atoms with Gasteiger partial charge in [0.25, 0.3) is 0 Å². The summed E-state index contributed by atoms with van der Waals surface area (Å²) in [5.74, 6) is 0. The molecule has 0 aromatic heterocycles. The van der Waals surface area contributed by atoms with E-state index in [-0.39, 0.29) is 6.10 Å². The molecule has 1 saturated heterocycles. The molecule has 1 aliphatic rings. The number of β-amino-alcohol motifs (C(OH)–C–C–N with tert-alkyl or cyclic N) is 1. The van der Waals surface area contributed by atoms with Gasteiger partial charge in [0.1, 0.15) is 0 Å². The molecule has 0 bridgehead atoms. The van der Waals surface area contributed by atoms with Crippen molar-refractivity contribution in [2.75, 3.05) is 26.7 Å². The largest absolute Gasteiger partial charge is 0.392 e. The standard InChI is InChI=1S/C8H17NO2/c1-3-7(10)4-9-5-8(6-9)11-2/h7-8,10H,3-6H2,1-2H3. The van der Waals surface area contributed by atoms with Gasteiger partial charge in [-0.1, -0.05) is 6.92 Å². The fraction of sp³-hybridized carbons (Fsp3) is 1.00. The summed E-state index contributed by atoms with van der Waals surface area (Å²) in [5.41, 5.74) is 0. The van der Waals surface area contributed by atoms with Crippen molar-refractivity contribution in [1.82, 2.24) is 4.90 Å². The number of hydrogen-bond donors (Lipinski definition) is 1. The summed E-state index contributed by atoms with van der Waals surface area (Å²) >= 11 is 0. The van der Waals surface area contributed by atoms with Crippen molar-refractivity contribution in [3.8, 4) is 0 Å². The molecule has 11 heavy (non-hydrogen) atoms. The van der Waals surface area contributed by atoms with Gasteiger partial charge < -0.3 is 9.84 Å². The third kappa shape index (κ3) is 2.43. The maximum Gasteiger partial charge on any atom is 0.0824 e. The summed E-state index contributed by atoms with van der Waals surface area (Å²) in [5, 5.41) is 9.27. The van der Waals surface area contributed by atoms with E-state index in [9.17, 15) is 5.11 Å². The molecular formula is C8H17NO2. The molecule has 0 saturated carbocycles. The second kappa shape index (κ2) is 4.04. The summed E-state index contributed by atoms with van der Waals surface area (Å²) in [4.78, 5) is 2.21. The Kier molecular flexibility index (Phi) is 3.30. The highest BCUT2D eigenvalue weighted by Gasteiger charge is 2.26. The summed E-state index contributed by atoms with van der Waals surface area (Å²) in [6, 6.07) is 0. The summed E-state index contributed by atoms with van der Waals surface area (Å²) in [6.45, 7) is 4.76. The lowest BCUT2D eigenvalue weighted by Crippen LogP contribution is -2.53. The van der Waals surface area contributed by atoms with Crippen molar-refractivity contribution in [2.24, 2.45) is 0 Å². The Bertz CT molecular complexity index is 113. The lowest BCUT2D eigenvalue weighted by molar-refractivity contribution is -0.0464. The van der Waals surface area contributed by atoms with Crippen LogP contribution in [-0.2, 0) is 4.74 Å². The molecular weight excluding hydrogens is 142 g/mol. The molecule has 1 aliphatic heterocycles. The Morgan fingerprint density at radius 3 is 2.73 bits per heavy atom. The van der Waals surface area contributed by atoms with E-state index in [0.717, 1.165) is 26.1 Å². The molecule has 1 N–H and O–H groups in total. The summed E-state index contributed by atoms with van der Waals surface area (Å²) < 4.78 is 5.11. The monoisotopic (exact) mass is 159 g/mol. The van der Waals surface area contributed by atoms with Gasteiger partial charge in [-0.15, -0.1) is 0 Å². The SMILES string of the molecule is CCC(O)CN1CC(OC)C1. The van der Waals surface area contributed by atoms with Gasteiger partial charge >= 0.3 is 0 Å². The van der Waals surface area contributed by atoms with Crippen LogP contribution in [0, 0.1) is 0 Å². The lowest BCUT2D eigenvalue weighted by Gasteiger charge is -2.39. The van der Waals surface area contributed by atoms with Gasteiger partial charge in [0.05, 0.1) is 12.2 Å². The second-order valence-corrected chi connectivity index (χ2v) is 3.14. The molecule has 0 amide bonds. The van der Waals surface area contributed by atoms with E-state index in [0.29, 0.717) is 6.10 Å². The van der Waals surface area contributed by atoms with E-state index < -0.39 is 0 Å². The zero-order valence-corrected chi connectivity index (χ0v) is 7.29. The minimum atomic E-state index is -0.159. The normalized spacial score (nSPS) is 23.2. The number of ether oxygens (including phenoxy) is 1. The van der Waals surface area contributed by atoms with E-state index >= 15 is 0 Å². The smallest absolute Gasteiger partial charge is 0.0824 e. The Hall–Kier alpha value is -0.120. The number of aliphatic hydroxyl groups excluding tert-OH is 1. The first kappa shape index (κ1) is 8.97. The minimum Gasteiger partial charge on any atom is -0.392 e. The van der Waals surface area contributed by atoms with Gasteiger partial charge in [-0.05, 0) is 6.42 Å². The zero-order valence-electron chi connectivity index (χ0n) is 7.29. The maximum absolute atomic E-state index is 9.27. The first-order valence-electron chi connectivity index (χ1n) is 4.19. The van der Waals surface area contributed by atoms with Gasteiger partial charge in [0.15, 0.2) is 0 Å². The first-order valence-corrected chi connectivity index (χ1v) is 4.19. The van der Waals surface area contributed by atoms with Gasteiger partial charge in [-0.25, -0.2) is 0 Å². The minimum absolute atomic E-state index is 0.159. The summed E-state index contributed by atoms with van der Waals surface area (Å²) in [7, 11) is 1.73. The molecule has 0 aromatic rings. The van der Waals surface area contributed by atoms with Crippen molar-refractivity contribution in [1.29, 1.82) is 0 Å². The molecule has 1 rings (SSSR count). The van der Waals surface area contributed by atoms with Crippen LogP contribution in [0.3, 0.4) is 0 Å². The van der Waals surface area contributed by atoms with Gasteiger partial charge in [0, 0.05) is 26.7 Å². The van der Waals surface area contributed by atoms with Crippen LogP contribution in [0.25, 0.3) is 0 Å². The molecule has 1 heterocycles. The summed E-state index contributed by atoms with van der Waals surface area (Å²) in [6.07, 6.45) is 1.08. The Balaban J connectivity index is 2.04. The van der Waals surface area contributed by atoms with Crippen LogP contribution in [0.2, 0.25) is 0 Å². The Morgan fingerprint density at radius 2 is 2.27 bits per heavy atom. The maximum atomic E-state index is 9.27. The molecule has 3 nitrogen and oxygen atoms in total. The fourth-order valence-electron chi connectivity index (χ4n) is 1.25. The Morgan fingerprint density at radius 1 is 1.64 bits per heavy atom. The number of hydrogen-bond acceptors (Lipinski definition) is 3.